The lowest BCUT2D eigenvalue weighted by molar-refractivity contribution is -0.122. The van der Waals surface area contributed by atoms with Crippen molar-refractivity contribution in [3.05, 3.63) is 24.3 Å². The van der Waals surface area contributed by atoms with E-state index in [1.807, 2.05) is 29.2 Å². The second kappa shape index (κ2) is 7.29. The van der Waals surface area contributed by atoms with Crippen molar-refractivity contribution in [2.24, 2.45) is 11.7 Å². The highest BCUT2D eigenvalue weighted by molar-refractivity contribution is 5.96. The molecule has 1 aromatic rings. The van der Waals surface area contributed by atoms with Gasteiger partial charge in [0, 0.05) is 12.5 Å². The van der Waals surface area contributed by atoms with Crippen molar-refractivity contribution in [1.29, 1.82) is 0 Å². The number of anilines is 1. The van der Waals surface area contributed by atoms with Crippen LogP contribution in [0.2, 0.25) is 0 Å². The zero-order chi connectivity index (χ0) is 14.4. The van der Waals surface area contributed by atoms with Gasteiger partial charge >= 0.3 is 0 Å². The summed E-state index contributed by atoms with van der Waals surface area (Å²) in [6.07, 6.45) is 5.14. The number of nitrogens with two attached hydrogens (primary N) is 1. The number of carbonyl (C=O) groups is 1. The van der Waals surface area contributed by atoms with Crippen molar-refractivity contribution in [2.45, 2.75) is 32.1 Å². The zero-order valence-corrected chi connectivity index (χ0v) is 12.2. The van der Waals surface area contributed by atoms with E-state index in [1.54, 1.807) is 7.11 Å². The molecule has 1 aliphatic carbocycles. The maximum atomic E-state index is 12.7. The van der Waals surface area contributed by atoms with Crippen LogP contribution in [-0.2, 0) is 4.79 Å². The van der Waals surface area contributed by atoms with E-state index >= 15 is 0 Å². The molecule has 0 bridgehead atoms. The van der Waals surface area contributed by atoms with Crippen LogP contribution < -0.4 is 15.4 Å². The Labute approximate surface area is 120 Å². The monoisotopic (exact) mass is 276 g/mol. The van der Waals surface area contributed by atoms with Crippen molar-refractivity contribution in [2.75, 3.05) is 25.1 Å². The van der Waals surface area contributed by atoms with E-state index in [9.17, 15) is 4.79 Å². The van der Waals surface area contributed by atoms with Crippen molar-refractivity contribution >= 4 is 11.6 Å². The number of methoxy groups -OCH3 is 1. The molecule has 1 amide bonds. The number of hydrogen-bond acceptors (Lipinski definition) is 3. The Bertz CT molecular complexity index is 442. The van der Waals surface area contributed by atoms with Crippen molar-refractivity contribution in [3.8, 4) is 5.75 Å². The van der Waals surface area contributed by atoms with Crippen LogP contribution in [0.25, 0.3) is 0 Å². The number of amides is 1. The summed E-state index contributed by atoms with van der Waals surface area (Å²) in [6.45, 7) is 1.25. The molecular weight excluding hydrogens is 252 g/mol. The Morgan fingerprint density at radius 2 is 2.05 bits per heavy atom. The molecule has 0 spiro atoms. The van der Waals surface area contributed by atoms with E-state index in [0.29, 0.717) is 13.1 Å². The third-order valence-corrected chi connectivity index (χ3v) is 3.93. The van der Waals surface area contributed by atoms with Crippen LogP contribution in [0.3, 0.4) is 0 Å². The number of carbonyl (C=O) groups excluding carboxylic acids is 1. The fourth-order valence-corrected chi connectivity index (χ4v) is 2.84. The van der Waals surface area contributed by atoms with Crippen molar-refractivity contribution in [3.63, 3.8) is 0 Å². The van der Waals surface area contributed by atoms with Crippen molar-refractivity contribution in [1.82, 2.24) is 0 Å². The third-order valence-electron chi connectivity index (χ3n) is 3.93. The Morgan fingerprint density at radius 1 is 1.35 bits per heavy atom. The lowest BCUT2D eigenvalue weighted by Gasteiger charge is -2.27. The van der Waals surface area contributed by atoms with E-state index < -0.39 is 0 Å². The highest BCUT2D eigenvalue weighted by atomic mass is 16.5. The Hall–Kier alpha value is -1.55. The average molecular weight is 276 g/mol. The summed E-state index contributed by atoms with van der Waals surface area (Å²) in [5.41, 5.74) is 6.47. The van der Waals surface area contributed by atoms with Gasteiger partial charge in [-0.1, -0.05) is 25.0 Å². The van der Waals surface area contributed by atoms with Crippen LogP contribution in [-0.4, -0.2) is 26.1 Å². The predicted molar refractivity (Wildman–Crippen MR) is 81.0 cm³/mol. The van der Waals surface area contributed by atoms with E-state index in [0.717, 1.165) is 43.5 Å². The zero-order valence-electron chi connectivity index (χ0n) is 12.2. The van der Waals surface area contributed by atoms with Crippen LogP contribution >= 0.6 is 0 Å². The standard InChI is InChI=1S/C16H24N2O2/c1-20-15-10-5-4-9-14(15)18(12-6-11-17)16(19)13-7-2-3-8-13/h4-5,9-10,13H,2-3,6-8,11-12,17H2,1H3. The van der Waals surface area contributed by atoms with Gasteiger partial charge in [-0.3, -0.25) is 4.79 Å². The summed E-state index contributed by atoms with van der Waals surface area (Å²) >= 11 is 0. The number of hydrogen-bond donors (Lipinski definition) is 1. The summed E-state index contributed by atoms with van der Waals surface area (Å²) in [7, 11) is 1.64. The fourth-order valence-electron chi connectivity index (χ4n) is 2.84. The first-order chi connectivity index (χ1) is 9.77. The lowest BCUT2D eigenvalue weighted by Crippen LogP contribution is -2.37. The topological polar surface area (TPSA) is 55.6 Å². The number of ether oxygens (including phenoxy) is 1. The molecule has 1 aromatic carbocycles. The average Bonchev–Trinajstić information content (AvgIpc) is 3.02. The maximum absolute atomic E-state index is 12.7. The Kier molecular flexibility index (Phi) is 5.41. The van der Waals surface area contributed by atoms with Crippen molar-refractivity contribution < 1.29 is 9.53 Å². The number of rotatable bonds is 6. The molecule has 4 nitrogen and oxygen atoms in total. The van der Waals surface area contributed by atoms with Gasteiger partial charge in [0.1, 0.15) is 5.75 Å². The minimum Gasteiger partial charge on any atom is -0.495 e. The molecule has 0 radical (unpaired) electrons. The molecular formula is C16H24N2O2. The molecule has 0 aliphatic heterocycles. The first-order valence-corrected chi connectivity index (χ1v) is 7.42. The molecule has 0 heterocycles. The molecule has 0 aromatic heterocycles. The molecule has 0 unspecified atom stereocenters. The van der Waals surface area contributed by atoms with Gasteiger partial charge in [-0.2, -0.15) is 0 Å². The summed E-state index contributed by atoms with van der Waals surface area (Å²) < 4.78 is 5.39. The predicted octanol–water partition coefficient (Wildman–Crippen LogP) is 2.57. The maximum Gasteiger partial charge on any atom is 0.230 e. The third kappa shape index (κ3) is 3.31. The van der Waals surface area contributed by atoms with Crippen LogP contribution in [0.15, 0.2) is 24.3 Å². The quantitative estimate of drug-likeness (QED) is 0.868. The van der Waals surface area contributed by atoms with Gasteiger partial charge in [0.2, 0.25) is 5.91 Å². The molecule has 4 heteroatoms. The molecule has 0 atom stereocenters. The molecule has 110 valence electrons. The summed E-state index contributed by atoms with van der Waals surface area (Å²) in [6, 6.07) is 7.70. The fraction of sp³-hybridized carbons (Fsp3) is 0.562. The Balaban J connectivity index is 2.23. The first-order valence-electron chi connectivity index (χ1n) is 7.42. The normalized spacial score (nSPS) is 15.3. The highest BCUT2D eigenvalue weighted by Crippen LogP contribution is 2.33. The van der Waals surface area contributed by atoms with Crippen LogP contribution in [0.5, 0.6) is 5.75 Å². The van der Waals surface area contributed by atoms with Gasteiger partial charge in [0.25, 0.3) is 0 Å². The van der Waals surface area contributed by atoms with Gasteiger partial charge in [0.05, 0.1) is 12.8 Å². The summed E-state index contributed by atoms with van der Waals surface area (Å²) in [5.74, 6) is 1.13. The molecule has 2 N–H and O–H groups in total. The van der Waals surface area contributed by atoms with Crippen LogP contribution in [0.4, 0.5) is 5.69 Å². The van der Waals surface area contributed by atoms with E-state index in [2.05, 4.69) is 0 Å². The second-order valence-corrected chi connectivity index (χ2v) is 5.29. The number of para-hydroxylation sites is 2. The SMILES string of the molecule is COc1ccccc1N(CCCN)C(=O)C1CCCC1. The van der Waals surface area contributed by atoms with Gasteiger partial charge < -0.3 is 15.4 Å². The minimum absolute atomic E-state index is 0.165. The minimum atomic E-state index is 0.165. The lowest BCUT2D eigenvalue weighted by atomic mass is 10.1. The van der Waals surface area contributed by atoms with Gasteiger partial charge in [-0.15, -0.1) is 0 Å². The van der Waals surface area contributed by atoms with Crippen LogP contribution in [0, 0.1) is 5.92 Å². The second-order valence-electron chi connectivity index (χ2n) is 5.29. The Morgan fingerprint density at radius 3 is 2.70 bits per heavy atom. The van der Waals surface area contributed by atoms with Gasteiger partial charge in [0.15, 0.2) is 0 Å². The first kappa shape index (κ1) is 14.9. The number of nitrogens with zero attached hydrogens (tertiary/aromatic N) is 1. The summed E-state index contributed by atoms with van der Waals surface area (Å²) in [4.78, 5) is 14.6. The van der Waals surface area contributed by atoms with E-state index in [4.69, 9.17) is 10.5 Å². The van der Waals surface area contributed by atoms with Gasteiger partial charge in [-0.05, 0) is 37.9 Å². The summed E-state index contributed by atoms with van der Waals surface area (Å²) in [5, 5.41) is 0. The van der Waals surface area contributed by atoms with Crippen LogP contribution in [0.1, 0.15) is 32.1 Å². The largest absolute Gasteiger partial charge is 0.495 e. The molecule has 0 saturated heterocycles. The molecule has 20 heavy (non-hydrogen) atoms. The smallest absolute Gasteiger partial charge is 0.230 e. The number of benzene rings is 1. The van der Waals surface area contributed by atoms with E-state index in [1.165, 1.54) is 0 Å². The molecule has 1 saturated carbocycles. The van der Waals surface area contributed by atoms with E-state index in [-0.39, 0.29) is 11.8 Å². The highest BCUT2D eigenvalue weighted by Gasteiger charge is 2.29. The molecule has 2 rings (SSSR count). The molecule has 1 aliphatic rings. The molecule has 1 fully saturated rings. The van der Waals surface area contributed by atoms with Gasteiger partial charge in [-0.25, -0.2) is 0 Å².